The number of nitrogens with zero attached hydrogens (tertiary/aromatic N) is 2. The minimum absolute atomic E-state index is 0.203. The van der Waals surface area contributed by atoms with Crippen molar-refractivity contribution in [1.29, 1.82) is 0 Å². The normalized spacial score (nSPS) is 11.7. The third-order valence-corrected chi connectivity index (χ3v) is 2.20. The number of hydrogen-bond donors (Lipinski definition) is 1. The Morgan fingerprint density at radius 2 is 2.18 bits per heavy atom. The van der Waals surface area contributed by atoms with E-state index in [0.717, 1.165) is 0 Å². The molecule has 7 heteroatoms. The number of carbonyl (C=O) groups is 1. The van der Waals surface area contributed by atoms with Gasteiger partial charge in [0, 0.05) is 18.3 Å². The van der Waals surface area contributed by atoms with E-state index in [1.165, 1.54) is 10.7 Å². The molecular formula is C10H8F3N3O. The molecule has 0 aliphatic carbocycles. The van der Waals surface area contributed by atoms with Crippen LogP contribution in [-0.4, -0.2) is 21.7 Å². The number of carbonyl (C=O) groups excluding carboxylic acids is 1. The van der Waals surface area contributed by atoms with Crippen LogP contribution >= 0.6 is 0 Å². The second-order valence-corrected chi connectivity index (χ2v) is 3.38. The summed E-state index contributed by atoms with van der Waals surface area (Å²) in [6.45, 7) is -0.203. The lowest BCUT2D eigenvalue weighted by atomic mass is 10.2. The largest absolute Gasteiger partial charge is 0.471 e. The minimum atomic E-state index is -4.86. The molecule has 0 spiro atoms. The highest BCUT2D eigenvalue weighted by Crippen LogP contribution is 2.15. The molecule has 17 heavy (non-hydrogen) atoms. The van der Waals surface area contributed by atoms with Crippen LogP contribution in [0.5, 0.6) is 0 Å². The van der Waals surface area contributed by atoms with Crippen molar-refractivity contribution in [2.45, 2.75) is 12.7 Å². The highest BCUT2D eigenvalue weighted by molar-refractivity contribution is 5.81. The molecule has 0 bridgehead atoms. The molecule has 4 nitrogen and oxygen atoms in total. The van der Waals surface area contributed by atoms with Gasteiger partial charge < -0.3 is 5.32 Å². The molecule has 0 radical (unpaired) electrons. The van der Waals surface area contributed by atoms with Crippen molar-refractivity contribution in [3.05, 3.63) is 36.2 Å². The van der Waals surface area contributed by atoms with Gasteiger partial charge in [0.25, 0.3) is 0 Å². The Morgan fingerprint density at radius 1 is 1.41 bits per heavy atom. The number of hydrogen-bond acceptors (Lipinski definition) is 2. The van der Waals surface area contributed by atoms with Gasteiger partial charge >= 0.3 is 12.1 Å². The van der Waals surface area contributed by atoms with Crippen LogP contribution in [0.25, 0.3) is 5.52 Å². The van der Waals surface area contributed by atoms with E-state index in [4.69, 9.17) is 0 Å². The average Bonchev–Trinajstić information content (AvgIpc) is 2.68. The summed E-state index contributed by atoms with van der Waals surface area (Å²) < 4.78 is 37.4. The summed E-state index contributed by atoms with van der Waals surface area (Å²) in [5, 5.41) is 5.74. The molecule has 2 aromatic heterocycles. The van der Waals surface area contributed by atoms with Crippen LogP contribution < -0.4 is 5.32 Å². The van der Waals surface area contributed by atoms with Gasteiger partial charge in [-0.1, -0.05) is 6.07 Å². The summed E-state index contributed by atoms with van der Waals surface area (Å²) in [6, 6.07) is 5.20. The molecule has 0 saturated heterocycles. The number of nitrogens with one attached hydrogen (secondary N) is 1. The van der Waals surface area contributed by atoms with Gasteiger partial charge in [0.2, 0.25) is 0 Å². The van der Waals surface area contributed by atoms with E-state index < -0.39 is 12.1 Å². The Morgan fingerprint density at radius 3 is 2.88 bits per heavy atom. The molecule has 90 valence electrons. The molecule has 0 atom stereocenters. The zero-order valence-corrected chi connectivity index (χ0v) is 8.53. The third kappa shape index (κ3) is 2.38. The van der Waals surface area contributed by atoms with Crippen LogP contribution in [0.4, 0.5) is 13.2 Å². The second-order valence-electron chi connectivity index (χ2n) is 3.38. The lowest BCUT2D eigenvalue weighted by Gasteiger charge is -2.06. The number of pyridine rings is 1. The number of rotatable bonds is 2. The van der Waals surface area contributed by atoms with Gasteiger partial charge in [0.15, 0.2) is 0 Å². The van der Waals surface area contributed by atoms with Crippen LogP contribution in [0.1, 0.15) is 5.56 Å². The fourth-order valence-electron chi connectivity index (χ4n) is 1.40. The minimum Gasteiger partial charge on any atom is -0.344 e. The molecule has 1 N–H and O–H groups in total. The molecule has 0 saturated carbocycles. The number of aromatic nitrogens is 2. The third-order valence-electron chi connectivity index (χ3n) is 2.20. The fourth-order valence-corrected chi connectivity index (χ4v) is 1.40. The van der Waals surface area contributed by atoms with Crippen molar-refractivity contribution in [2.24, 2.45) is 0 Å². The van der Waals surface area contributed by atoms with Gasteiger partial charge in [-0.2, -0.15) is 18.3 Å². The Bertz CT molecular complexity index is 547. The highest BCUT2D eigenvalue weighted by atomic mass is 19.4. The number of amides is 1. The fraction of sp³-hybridized carbons (Fsp3) is 0.200. The van der Waals surface area contributed by atoms with E-state index in [2.05, 4.69) is 5.10 Å². The summed E-state index contributed by atoms with van der Waals surface area (Å²) in [5.41, 5.74) is 1.19. The Labute approximate surface area is 94.0 Å². The zero-order valence-electron chi connectivity index (χ0n) is 8.53. The summed E-state index contributed by atoms with van der Waals surface area (Å²) in [5.74, 6) is -1.95. The predicted molar refractivity (Wildman–Crippen MR) is 53.1 cm³/mol. The standard InChI is InChI=1S/C10H8F3N3O/c11-10(12,13)9(17)14-5-7-6-15-16-4-2-1-3-8(7)16/h1-4,6H,5H2,(H,14,17). The summed E-state index contributed by atoms with van der Waals surface area (Å²) in [4.78, 5) is 10.6. The van der Waals surface area contributed by atoms with Crippen molar-refractivity contribution in [3.63, 3.8) is 0 Å². The molecule has 0 aliphatic heterocycles. The molecule has 2 heterocycles. The SMILES string of the molecule is O=C(NCc1cnn2ccccc12)C(F)(F)F. The number of fused-ring (bicyclic) bond motifs is 1. The van der Waals surface area contributed by atoms with Gasteiger partial charge in [-0.05, 0) is 12.1 Å². The van der Waals surface area contributed by atoms with Gasteiger partial charge in [-0.15, -0.1) is 0 Å². The Balaban J connectivity index is 2.12. The maximum atomic E-state index is 12.0. The maximum Gasteiger partial charge on any atom is 0.471 e. The highest BCUT2D eigenvalue weighted by Gasteiger charge is 2.38. The van der Waals surface area contributed by atoms with Crippen molar-refractivity contribution in [1.82, 2.24) is 14.9 Å². The topological polar surface area (TPSA) is 46.4 Å². The molecular weight excluding hydrogens is 235 g/mol. The van der Waals surface area contributed by atoms with Gasteiger partial charge in [-0.25, -0.2) is 4.52 Å². The van der Waals surface area contributed by atoms with Crippen LogP contribution in [0.2, 0.25) is 0 Å². The van der Waals surface area contributed by atoms with E-state index in [9.17, 15) is 18.0 Å². The quantitative estimate of drug-likeness (QED) is 0.869. The van der Waals surface area contributed by atoms with Crippen LogP contribution in [0.3, 0.4) is 0 Å². The summed E-state index contributed by atoms with van der Waals surface area (Å²) in [6.07, 6.45) is -1.76. The monoisotopic (exact) mass is 243 g/mol. The molecule has 2 aromatic rings. The summed E-state index contributed by atoms with van der Waals surface area (Å²) >= 11 is 0. The lowest BCUT2D eigenvalue weighted by Crippen LogP contribution is -2.36. The molecule has 0 aliphatic rings. The van der Waals surface area contributed by atoms with Crippen molar-refractivity contribution < 1.29 is 18.0 Å². The maximum absolute atomic E-state index is 12.0. The zero-order chi connectivity index (χ0) is 12.5. The molecule has 0 unspecified atom stereocenters. The van der Waals surface area contributed by atoms with E-state index in [1.54, 1.807) is 29.7 Å². The van der Waals surface area contributed by atoms with E-state index in [1.807, 2.05) is 0 Å². The molecule has 0 aromatic carbocycles. The molecule has 0 fully saturated rings. The first-order valence-corrected chi connectivity index (χ1v) is 4.75. The van der Waals surface area contributed by atoms with Crippen LogP contribution in [0.15, 0.2) is 30.6 Å². The lowest BCUT2D eigenvalue weighted by molar-refractivity contribution is -0.173. The van der Waals surface area contributed by atoms with Crippen molar-refractivity contribution >= 4 is 11.4 Å². The van der Waals surface area contributed by atoms with Gasteiger partial charge in [-0.3, -0.25) is 4.79 Å². The first-order valence-electron chi connectivity index (χ1n) is 4.75. The summed E-state index contributed by atoms with van der Waals surface area (Å²) in [7, 11) is 0. The van der Waals surface area contributed by atoms with Gasteiger partial charge in [0.05, 0.1) is 11.7 Å². The smallest absolute Gasteiger partial charge is 0.344 e. The average molecular weight is 243 g/mol. The molecule has 2 rings (SSSR count). The predicted octanol–water partition coefficient (Wildman–Crippen LogP) is 1.51. The first-order chi connectivity index (χ1) is 7.98. The van der Waals surface area contributed by atoms with E-state index >= 15 is 0 Å². The first kappa shape index (κ1) is 11.4. The van der Waals surface area contributed by atoms with Crippen LogP contribution in [0, 0.1) is 0 Å². The van der Waals surface area contributed by atoms with Crippen LogP contribution in [-0.2, 0) is 11.3 Å². The van der Waals surface area contributed by atoms with E-state index in [-0.39, 0.29) is 6.54 Å². The Kier molecular flexibility index (Phi) is 2.74. The van der Waals surface area contributed by atoms with Gasteiger partial charge in [0.1, 0.15) is 0 Å². The second kappa shape index (κ2) is 4.08. The number of halogens is 3. The van der Waals surface area contributed by atoms with E-state index in [0.29, 0.717) is 11.1 Å². The Hall–Kier alpha value is -2.05. The molecule has 1 amide bonds. The van der Waals surface area contributed by atoms with Crippen molar-refractivity contribution in [2.75, 3.05) is 0 Å². The number of alkyl halides is 3. The van der Waals surface area contributed by atoms with Crippen molar-refractivity contribution in [3.8, 4) is 0 Å².